The normalized spacial score (nSPS) is 15.0. The van der Waals surface area contributed by atoms with Gasteiger partial charge in [0.1, 0.15) is 36.2 Å². The number of fused-ring (bicyclic) bond motifs is 1. The Morgan fingerprint density at radius 2 is 1.73 bits per heavy atom. The first-order valence-corrected chi connectivity index (χ1v) is 22.0. The molecule has 1 saturated carbocycles. The molecule has 1 saturated heterocycles. The minimum absolute atomic E-state index is 0.0219. The average Bonchev–Trinajstić information content (AvgIpc) is 3.90. The highest BCUT2D eigenvalue weighted by Gasteiger charge is 2.32. The lowest BCUT2D eigenvalue weighted by Crippen LogP contribution is -2.45. The average molecular weight is 888 g/mol. The van der Waals surface area contributed by atoms with Gasteiger partial charge in [-0.15, -0.1) is 0 Å². The molecule has 1 atom stereocenters. The van der Waals surface area contributed by atoms with Crippen molar-refractivity contribution >= 4 is 39.2 Å². The summed E-state index contributed by atoms with van der Waals surface area (Å²) in [4.78, 5) is 36.4. The molecule has 14 nitrogen and oxygen atoms in total. The van der Waals surface area contributed by atoms with E-state index in [1.807, 2.05) is 61.5 Å². The molecule has 1 unspecified atom stereocenters. The van der Waals surface area contributed by atoms with E-state index in [1.54, 1.807) is 37.8 Å². The lowest BCUT2D eigenvalue weighted by Gasteiger charge is -2.32. The molecule has 0 bridgehead atoms. The lowest BCUT2D eigenvalue weighted by atomic mass is 9.95. The fourth-order valence-corrected chi connectivity index (χ4v) is 8.59. The van der Waals surface area contributed by atoms with Crippen LogP contribution in [0.15, 0.2) is 89.7 Å². The number of aliphatic carboxylic acids is 1. The summed E-state index contributed by atoms with van der Waals surface area (Å²) in [5.41, 5.74) is 4.67. The van der Waals surface area contributed by atoms with Crippen molar-refractivity contribution in [3.05, 3.63) is 113 Å². The van der Waals surface area contributed by atoms with E-state index in [9.17, 15) is 9.90 Å². The first-order chi connectivity index (χ1) is 30.7. The third-order valence-electron chi connectivity index (χ3n) is 11.4. The summed E-state index contributed by atoms with van der Waals surface area (Å²) in [5.74, 6) is 2.64. The fraction of sp³-hybridized carbons (Fsp3) is 0.319. The second kappa shape index (κ2) is 18.7. The van der Waals surface area contributed by atoms with E-state index in [-0.39, 0.29) is 24.8 Å². The number of rotatable bonds is 17. The molecule has 0 spiro atoms. The van der Waals surface area contributed by atoms with Gasteiger partial charge >= 0.3 is 5.97 Å². The molecule has 2 aliphatic rings. The van der Waals surface area contributed by atoms with Crippen LogP contribution in [0.2, 0.25) is 5.02 Å². The summed E-state index contributed by atoms with van der Waals surface area (Å²) in [5, 5.41) is 11.7. The molecule has 3 aromatic carbocycles. The van der Waals surface area contributed by atoms with E-state index in [0.717, 1.165) is 62.3 Å². The first kappa shape index (κ1) is 42.2. The van der Waals surface area contributed by atoms with Crippen molar-refractivity contribution in [1.29, 1.82) is 0 Å². The van der Waals surface area contributed by atoms with Gasteiger partial charge in [0, 0.05) is 63.0 Å². The van der Waals surface area contributed by atoms with E-state index < -0.39 is 12.1 Å². The molecule has 2 fully saturated rings. The van der Waals surface area contributed by atoms with Gasteiger partial charge in [-0.05, 0) is 85.4 Å². The zero-order valence-corrected chi connectivity index (χ0v) is 36.7. The van der Waals surface area contributed by atoms with E-state index in [4.69, 9.17) is 44.9 Å². The maximum atomic E-state index is 13.0. The number of likely N-dealkylation sites (N-methyl/N-ethyl adjacent to an activating group) is 1. The molecular weight excluding hydrogens is 842 g/mol. The molecule has 1 N–H and O–H groups in total. The third-order valence-corrected chi connectivity index (χ3v) is 12.6. The molecule has 1 aliphatic carbocycles. The molecule has 0 radical (unpaired) electrons. The van der Waals surface area contributed by atoms with Gasteiger partial charge in [-0.3, -0.25) is 9.88 Å². The van der Waals surface area contributed by atoms with Gasteiger partial charge in [-0.25, -0.2) is 19.7 Å². The number of carboxylic acid groups (broad SMARTS) is 1. The number of ether oxygens (including phenoxy) is 4. The Morgan fingerprint density at radius 1 is 0.937 bits per heavy atom. The van der Waals surface area contributed by atoms with Crippen LogP contribution < -0.4 is 18.9 Å². The van der Waals surface area contributed by atoms with Crippen molar-refractivity contribution in [2.45, 2.75) is 44.8 Å². The van der Waals surface area contributed by atoms with Crippen LogP contribution >= 0.6 is 23.1 Å². The van der Waals surface area contributed by atoms with Gasteiger partial charge in [0.15, 0.2) is 17.5 Å². The maximum Gasteiger partial charge on any atom is 0.345 e. The molecule has 7 aromatic rings. The predicted octanol–water partition coefficient (Wildman–Crippen LogP) is 8.60. The summed E-state index contributed by atoms with van der Waals surface area (Å²) in [7, 11) is 3.74. The number of benzene rings is 3. The number of pyridine rings is 1. The highest BCUT2D eigenvalue weighted by atomic mass is 35.5. The third kappa shape index (κ3) is 9.32. The molecule has 9 rings (SSSR count). The quantitative estimate of drug-likeness (QED) is 0.0927. The summed E-state index contributed by atoms with van der Waals surface area (Å²) in [6.07, 6.45) is 5.75. The topological polar surface area (TPSA) is 158 Å². The first-order valence-electron chi connectivity index (χ1n) is 20.9. The van der Waals surface area contributed by atoms with Gasteiger partial charge in [0.05, 0.1) is 39.7 Å². The van der Waals surface area contributed by atoms with Crippen LogP contribution in [0.4, 0.5) is 0 Å². The number of aromatic nitrogens is 5. The maximum absolute atomic E-state index is 13.0. The van der Waals surface area contributed by atoms with Crippen LogP contribution in [0.25, 0.3) is 44.1 Å². The van der Waals surface area contributed by atoms with Crippen LogP contribution in [0.3, 0.4) is 0 Å². The Labute approximate surface area is 373 Å². The van der Waals surface area contributed by atoms with E-state index in [0.29, 0.717) is 79.0 Å². The molecule has 4 aromatic heterocycles. The van der Waals surface area contributed by atoms with Gasteiger partial charge < -0.3 is 33.4 Å². The Kier molecular flexibility index (Phi) is 12.5. The number of carbonyl (C=O) groups is 1. The number of hydrogen-bond acceptors (Lipinski definition) is 14. The van der Waals surface area contributed by atoms with Crippen molar-refractivity contribution in [3.8, 4) is 57.1 Å². The smallest absolute Gasteiger partial charge is 0.345 e. The highest BCUT2D eigenvalue weighted by molar-refractivity contribution is 7.13. The number of carboxylic acids is 1. The minimum atomic E-state index is -1.34. The van der Waals surface area contributed by atoms with Gasteiger partial charge in [-0.1, -0.05) is 48.0 Å². The van der Waals surface area contributed by atoms with Gasteiger partial charge in [0.25, 0.3) is 0 Å². The Balaban J connectivity index is 1.00. The van der Waals surface area contributed by atoms with Crippen molar-refractivity contribution in [2.24, 2.45) is 0 Å². The number of hydrogen-bond donors (Lipinski definition) is 1. The number of para-hydroxylation sites is 2. The van der Waals surface area contributed by atoms with E-state index in [2.05, 4.69) is 31.2 Å². The van der Waals surface area contributed by atoms with Crippen molar-refractivity contribution in [1.82, 2.24) is 34.1 Å². The number of methoxy groups -OCH3 is 1. The largest absolute Gasteiger partial charge is 0.496 e. The summed E-state index contributed by atoms with van der Waals surface area (Å²) >= 11 is 8.27. The standard InChI is InChI=1S/C47H46ClN7O7S/c1-28-32(14-15-36(42(28)48)59-23-22-55-20-18-54(2)19-21-55)40-41-39(26-50-43(40)38-25-51-45(62-38)29-12-13-29)63-53-46(41)61-37(47(56)57)24-30-8-4-6-10-34(30)60-27-31-16-17-49-44(52-31)33-9-5-7-11-35(33)58-3/h4-11,14-17,25-26,29,37H,12-13,18-24,27H2,1-3H3,(H,56,57). The molecule has 324 valence electrons. The number of nitrogens with zero attached hydrogens (tertiary/aromatic N) is 7. The van der Waals surface area contributed by atoms with Crippen LogP contribution in [-0.2, 0) is 17.8 Å². The van der Waals surface area contributed by atoms with Crippen molar-refractivity contribution in [2.75, 3.05) is 53.5 Å². The van der Waals surface area contributed by atoms with E-state index in [1.165, 1.54) is 11.5 Å². The van der Waals surface area contributed by atoms with Crippen LogP contribution in [-0.4, -0.2) is 105 Å². The zero-order valence-electron chi connectivity index (χ0n) is 35.1. The molecular formula is C47H46ClN7O7S. The highest BCUT2D eigenvalue weighted by Crippen LogP contribution is 2.47. The SMILES string of the molecule is COc1ccccc1-c1nccc(COc2ccccc2CC(Oc2nsc3cnc(-c4cnc(C5CC5)o4)c(-c4ccc(OCCN5CCN(C)CC5)c(Cl)c4C)c23)C(=O)O)n1. The molecule has 1 aliphatic heterocycles. The Morgan fingerprint density at radius 3 is 2.52 bits per heavy atom. The fourth-order valence-electron chi connectivity index (χ4n) is 7.67. The second-order valence-electron chi connectivity index (χ2n) is 15.7. The number of piperazine rings is 1. The summed E-state index contributed by atoms with van der Waals surface area (Å²) in [6.45, 7) is 7.38. The van der Waals surface area contributed by atoms with Gasteiger partial charge in [0.2, 0.25) is 12.0 Å². The van der Waals surface area contributed by atoms with Crippen molar-refractivity contribution < 1.29 is 33.3 Å². The lowest BCUT2D eigenvalue weighted by molar-refractivity contribution is -0.145. The second-order valence-corrected chi connectivity index (χ2v) is 16.9. The monoisotopic (exact) mass is 887 g/mol. The van der Waals surface area contributed by atoms with Crippen LogP contribution in [0, 0.1) is 6.92 Å². The summed E-state index contributed by atoms with van der Waals surface area (Å²) < 4.78 is 36.2. The molecule has 5 heterocycles. The van der Waals surface area contributed by atoms with Crippen molar-refractivity contribution in [3.63, 3.8) is 0 Å². The molecule has 16 heteroatoms. The zero-order chi connectivity index (χ0) is 43.5. The number of oxazole rings is 1. The Bertz CT molecular complexity index is 2750. The minimum Gasteiger partial charge on any atom is -0.496 e. The summed E-state index contributed by atoms with van der Waals surface area (Å²) in [6, 6.07) is 20.4. The Hall–Kier alpha value is -6.13. The van der Waals surface area contributed by atoms with Crippen LogP contribution in [0.5, 0.6) is 23.1 Å². The number of halogens is 1. The molecule has 63 heavy (non-hydrogen) atoms. The van der Waals surface area contributed by atoms with Gasteiger partial charge in [-0.2, -0.15) is 4.37 Å². The molecule has 0 amide bonds. The van der Waals surface area contributed by atoms with Crippen LogP contribution in [0.1, 0.15) is 41.5 Å². The predicted molar refractivity (Wildman–Crippen MR) is 240 cm³/mol. The van der Waals surface area contributed by atoms with E-state index >= 15 is 0 Å².